The van der Waals surface area contributed by atoms with Gasteiger partial charge in [0, 0.05) is 17.8 Å². The first-order valence-electron chi connectivity index (χ1n) is 7.73. The van der Waals surface area contributed by atoms with Gasteiger partial charge in [-0.2, -0.15) is 5.10 Å². The largest absolute Gasteiger partial charge is 0.310 e. The van der Waals surface area contributed by atoms with E-state index in [9.17, 15) is 0 Å². The van der Waals surface area contributed by atoms with Crippen LogP contribution in [-0.4, -0.2) is 21.9 Å². The van der Waals surface area contributed by atoms with Gasteiger partial charge in [-0.05, 0) is 46.1 Å². The van der Waals surface area contributed by atoms with Crippen molar-refractivity contribution in [1.29, 1.82) is 0 Å². The molecule has 0 radical (unpaired) electrons. The summed E-state index contributed by atoms with van der Waals surface area (Å²) in [5.74, 6) is 0. The maximum Gasteiger partial charge on any atom is 0.0646 e. The molecule has 1 atom stereocenters. The van der Waals surface area contributed by atoms with E-state index in [1.807, 2.05) is 0 Å². The van der Waals surface area contributed by atoms with Gasteiger partial charge in [-0.15, -0.1) is 0 Å². The Kier molecular flexibility index (Phi) is 6.05. The number of hydrogen-bond donors (Lipinski definition) is 1. The Bertz CT molecular complexity index is 374. The molecule has 3 heteroatoms. The summed E-state index contributed by atoms with van der Waals surface area (Å²) < 4.78 is 2.26. The summed E-state index contributed by atoms with van der Waals surface area (Å²) >= 11 is 0. The van der Waals surface area contributed by atoms with E-state index in [1.165, 1.54) is 24.2 Å². The summed E-state index contributed by atoms with van der Waals surface area (Å²) in [6, 6.07) is 2.74. The molecule has 0 aliphatic rings. The minimum Gasteiger partial charge on any atom is -0.310 e. The zero-order valence-corrected chi connectivity index (χ0v) is 13.6. The fraction of sp³-hybridized carbons (Fsp3) is 0.812. The molecule has 1 N–H and O–H groups in total. The zero-order valence-electron chi connectivity index (χ0n) is 13.6. The lowest BCUT2D eigenvalue weighted by atomic mass is 10.1. The highest BCUT2D eigenvalue weighted by Crippen LogP contribution is 2.18. The highest BCUT2D eigenvalue weighted by molar-refractivity contribution is 5.11. The molecule has 0 fully saturated rings. The van der Waals surface area contributed by atoms with Crippen LogP contribution in [0, 0.1) is 0 Å². The molecule has 0 aliphatic carbocycles. The Morgan fingerprint density at radius 3 is 2.37 bits per heavy atom. The third-order valence-electron chi connectivity index (χ3n) is 3.42. The van der Waals surface area contributed by atoms with Crippen molar-refractivity contribution < 1.29 is 0 Å². The van der Waals surface area contributed by atoms with E-state index in [-0.39, 0.29) is 5.54 Å². The van der Waals surface area contributed by atoms with Crippen LogP contribution in [0.25, 0.3) is 0 Å². The minimum absolute atomic E-state index is 0.166. The van der Waals surface area contributed by atoms with E-state index in [4.69, 9.17) is 5.10 Å². The molecule has 1 aromatic rings. The van der Waals surface area contributed by atoms with Crippen molar-refractivity contribution >= 4 is 0 Å². The van der Waals surface area contributed by atoms with Crippen molar-refractivity contribution in [1.82, 2.24) is 15.1 Å². The summed E-state index contributed by atoms with van der Waals surface area (Å²) in [6.07, 6.45) is 4.45. The van der Waals surface area contributed by atoms with Crippen molar-refractivity contribution in [3.63, 3.8) is 0 Å². The standard InChI is InChI=1S/C16H31N3/c1-7-10-15(12-17-16(4,5)6)19-14(9-3)11-13(8-2)18-19/h11,15,17H,7-10,12H2,1-6H3. The molecule has 0 aliphatic heterocycles. The fourth-order valence-corrected chi connectivity index (χ4v) is 2.31. The summed E-state index contributed by atoms with van der Waals surface area (Å²) in [7, 11) is 0. The average molecular weight is 265 g/mol. The Morgan fingerprint density at radius 1 is 1.21 bits per heavy atom. The van der Waals surface area contributed by atoms with Crippen molar-refractivity contribution in [3.8, 4) is 0 Å². The van der Waals surface area contributed by atoms with Gasteiger partial charge in [-0.3, -0.25) is 4.68 Å². The maximum atomic E-state index is 4.80. The second kappa shape index (κ2) is 7.09. The number of nitrogens with one attached hydrogen (secondary N) is 1. The predicted molar refractivity (Wildman–Crippen MR) is 82.7 cm³/mol. The van der Waals surface area contributed by atoms with E-state index < -0.39 is 0 Å². The quantitative estimate of drug-likeness (QED) is 0.814. The maximum absolute atomic E-state index is 4.80. The van der Waals surface area contributed by atoms with Crippen LogP contribution < -0.4 is 5.32 Å². The molecule has 1 heterocycles. The smallest absolute Gasteiger partial charge is 0.0646 e. The fourth-order valence-electron chi connectivity index (χ4n) is 2.31. The Balaban J connectivity index is 2.88. The first kappa shape index (κ1) is 16.2. The van der Waals surface area contributed by atoms with Crippen molar-refractivity contribution in [2.45, 2.75) is 78.8 Å². The molecule has 0 bridgehead atoms. The van der Waals surface area contributed by atoms with Gasteiger partial charge in [0.2, 0.25) is 0 Å². The van der Waals surface area contributed by atoms with Gasteiger partial charge >= 0.3 is 0 Å². The molecule has 3 nitrogen and oxygen atoms in total. The van der Waals surface area contributed by atoms with Crippen LogP contribution >= 0.6 is 0 Å². The van der Waals surface area contributed by atoms with Gasteiger partial charge < -0.3 is 5.32 Å². The van der Waals surface area contributed by atoms with Crippen LogP contribution in [0.3, 0.4) is 0 Å². The summed E-state index contributed by atoms with van der Waals surface area (Å²) in [6.45, 7) is 14.3. The van der Waals surface area contributed by atoms with Gasteiger partial charge in [-0.25, -0.2) is 0 Å². The van der Waals surface area contributed by atoms with Crippen LogP contribution in [0.4, 0.5) is 0 Å². The number of aryl methyl sites for hydroxylation is 2. The van der Waals surface area contributed by atoms with Crippen LogP contribution in [0.2, 0.25) is 0 Å². The SMILES string of the molecule is CCCC(CNC(C)(C)C)n1nc(CC)cc1CC. The highest BCUT2D eigenvalue weighted by atomic mass is 15.3. The van der Waals surface area contributed by atoms with Gasteiger partial charge in [0.1, 0.15) is 0 Å². The second-order valence-corrected chi connectivity index (χ2v) is 6.35. The molecular formula is C16H31N3. The molecule has 1 rings (SSSR count). The van der Waals surface area contributed by atoms with Gasteiger partial charge in [0.25, 0.3) is 0 Å². The van der Waals surface area contributed by atoms with E-state index in [0.717, 1.165) is 19.4 Å². The molecule has 0 amide bonds. The highest BCUT2D eigenvalue weighted by Gasteiger charge is 2.18. The number of nitrogens with zero attached hydrogens (tertiary/aromatic N) is 2. The molecule has 110 valence electrons. The lowest BCUT2D eigenvalue weighted by Gasteiger charge is -2.26. The summed E-state index contributed by atoms with van der Waals surface area (Å²) in [4.78, 5) is 0. The molecule has 1 aromatic heterocycles. The van der Waals surface area contributed by atoms with E-state index in [2.05, 4.69) is 57.6 Å². The molecular weight excluding hydrogens is 234 g/mol. The van der Waals surface area contributed by atoms with E-state index in [0.29, 0.717) is 6.04 Å². The van der Waals surface area contributed by atoms with Crippen LogP contribution in [0.1, 0.15) is 71.8 Å². The minimum atomic E-state index is 0.166. The second-order valence-electron chi connectivity index (χ2n) is 6.35. The summed E-state index contributed by atoms with van der Waals surface area (Å²) in [5.41, 5.74) is 2.75. The lowest BCUT2D eigenvalue weighted by molar-refractivity contribution is 0.330. The van der Waals surface area contributed by atoms with Gasteiger partial charge in [0.15, 0.2) is 0 Å². The number of aromatic nitrogens is 2. The third-order valence-corrected chi connectivity index (χ3v) is 3.42. The molecule has 1 unspecified atom stereocenters. The molecule has 0 spiro atoms. The van der Waals surface area contributed by atoms with Gasteiger partial charge in [0.05, 0.1) is 11.7 Å². The lowest BCUT2D eigenvalue weighted by Crippen LogP contribution is -2.40. The molecule has 0 aromatic carbocycles. The number of hydrogen-bond acceptors (Lipinski definition) is 2. The topological polar surface area (TPSA) is 29.9 Å². The first-order valence-corrected chi connectivity index (χ1v) is 7.73. The summed E-state index contributed by atoms with van der Waals surface area (Å²) in [5, 5.41) is 8.42. The Hall–Kier alpha value is -0.830. The van der Waals surface area contributed by atoms with Crippen LogP contribution in [0.5, 0.6) is 0 Å². The van der Waals surface area contributed by atoms with Crippen LogP contribution in [-0.2, 0) is 12.8 Å². The van der Waals surface area contributed by atoms with Gasteiger partial charge in [-0.1, -0.05) is 27.2 Å². The monoisotopic (exact) mass is 265 g/mol. The average Bonchev–Trinajstić information content (AvgIpc) is 2.76. The Morgan fingerprint density at radius 2 is 1.89 bits per heavy atom. The van der Waals surface area contributed by atoms with Crippen molar-refractivity contribution in [2.75, 3.05) is 6.54 Å². The van der Waals surface area contributed by atoms with Crippen molar-refractivity contribution in [3.05, 3.63) is 17.5 Å². The Labute approximate surface area is 118 Å². The third kappa shape index (κ3) is 4.98. The molecule has 19 heavy (non-hydrogen) atoms. The van der Waals surface area contributed by atoms with E-state index >= 15 is 0 Å². The molecule has 0 saturated carbocycles. The first-order chi connectivity index (χ1) is 8.91. The normalized spacial score (nSPS) is 13.8. The van der Waals surface area contributed by atoms with Crippen LogP contribution in [0.15, 0.2) is 6.07 Å². The zero-order chi connectivity index (χ0) is 14.5. The van der Waals surface area contributed by atoms with E-state index in [1.54, 1.807) is 0 Å². The van der Waals surface area contributed by atoms with Crippen molar-refractivity contribution in [2.24, 2.45) is 0 Å². The number of rotatable bonds is 7. The molecule has 0 saturated heterocycles. The predicted octanol–water partition coefficient (Wildman–Crippen LogP) is 3.74.